The monoisotopic (exact) mass is 285 g/mol. The smallest absolute Gasteiger partial charge is 0.0595 e. The molecule has 1 nitrogen and oxygen atoms in total. The van der Waals surface area contributed by atoms with E-state index in [9.17, 15) is 0 Å². The van der Waals surface area contributed by atoms with Crippen LogP contribution in [-0.2, 0) is 0 Å². The van der Waals surface area contributed by atoms with Crippen molar-refractivity contribution >= 4 is 23.2 Å². The molecule has 0 bridgehead atoms. The molecule has 0 heterocycles. The molecule has 1 aliphatic rings. The molecule has 0 aromatic heterocycles. The number of halogens is 2. The van der Waals surface area contributed by atoms with Crippen LogP contribution in [0.5, 0.6) is 0 Å². The fourth-order valence-corrected chi connectivity index (χ4v) is 3.08. The molecule has 0 aliphatic heterocycles. The SMILES string of the molecule is CC1(C)CCC(C(N)c2ccc(Cl)c(Cl)c2)CC1. The third-order valence-electron chi connectivity index (χ3n) is 4.22. The highest BCUT2D eigenvalue weighted by molar-refractivity contribution is 6.42. The lowest BCUT2D eigenvalue weighted by Gasteiger charge is -2.37. The van der Waals surface area contributed by atoms with Crippen LogP contribution in [0.25, 0.3) is 0 Å². The van der Waals surface area contributed by atoms with E-state index in [4.69, 9.17) is 28.9 Å². The third-order valence-corrected chi connectivity index (χ3v) is 4.96. The molecular weight excluding hydrogens is 265 g/mol. The lowest BCUT2D eigenvalue weighted by molar-refractivity contribution is 0.173. The van der Waals surface area contributed by atoms with Gasteiger partial charge in [0.25, 0.3) is 0 Å². The molecule has 1 atom stereocenters. The summed E-state index contributed by atoms with van der Waals surface area (Å²) in [5, 5.41) is 1.19. The molecule has 1 aromatic rings. The van der Waals surface area contributed by atoms with Gasteiger partial charge in [-0.2, -0.15) is 0 Å². The van der Waals surface area contributed by atoms with Gasteiger partial charge in [0.15, 0.2) is 0 Å². The maximum atomic E-state index is 6.38. The number of hydrogen-bond donors (Lipinski definition) is 1. The molecule has 2 rings (SSSR count). The van der Waals surface area contributed by atoms with Crippen LogP contribution in [0, 0.1) is 11.3 Å². The van der Waals surface area contributed by atoms with Crippen molar-refractivity contribution < 1.29 is 0 Å². The fourth-order valence-electron chi connectivity index (χ4n) is 2.77. The Morgan fingerprint density at radius 3 is 2.33 bits per heavy atom. The van der Waals surface area contributed by atoms with E-state index in [1.807, 2.05) is 18.2 Å². The van der Waals surface area contributed by atoms with Crippen LogP contribution < -0.4 is 5.73 Å². The Bertz CT molecular complexity index is 419. The van der Waals surface area contributed by atoms with Crippen LogP contribution in [-0.4, -0.2) is 0 Å². The van der Waals surface area contributed by atoms with E-state index in [2.05, 4.69) is 13.8 Å². The Hall–Kier alpha value is -0.240. The van der Waals surface area contributed by atoms with Crippen LogP contribution >= 0.6 is 23.2 Å². The lowest BCUT2D eigenvalue weighted by Crippen LogP contribution is -2.29. The molecule has 100 valence electrons. The first kappa shape index (κ1) is 14.2. The van der Waals surface area contributed by atoms with Gasteiger partial charge in [-0.25, -0.2) is 0 Å². The molecule has 1 saturated carbocycles. The quantitative estimate of drug-likeness (QED) is 0.793. The molecule has 1 aromatic carbocycles. The summed E-state index contributed by atoms with van der Waals surface area (Å²) < 4.78 is 0. The van der Waals surface area contributed by atoms with E-state index in [1.165, 1.54) is 25.7 Å². The van der Waals surface area contributed by atoms with Gasteiger partial charge in [0.2, 0.25) is 0 Å². The minimum absolute atomic E-state index is 0.0795. The molecule has 1 fully saturated rings. The second kappa shape index (κ2) is 5.40. The number of rotatable bonds is 2. The first-order valence-electron chi connectivity index (χ1n) is 6.59. The Balaban J connectivity index is 2.07. The highest BCUT2D eigenvalue weighted by atomic mass is 35.5. The Labute approximate surface area is 120 Å². The van der Waals surface area contributed by atoms with Crippen molar-refractivity contribution in [3.8, 4) is 0 Å². The zero-order valence-electron chi connectivity index (χ0n) is 11.0. The molecule has 0 saturated heterocycles. The lowest BCUT2D eigenvalue weighted by atomic mass is 9.70. The predicted octanol–water partition coefficient (Wildman–Crippen LogP) is 5.21. The van der Waals surface area contributed by atoms with Gasteiger partial charge in [0, 0.05) is 6.04 Å². The molecular formula is C15H21Cl2N. The van der Waals surface area contributed by atoms with E-state index >= 15 is 0 Å². The third kappa shape index (κ3) is 3.20. The summed E-state index contributed by atoms with van der Waals surface area (Å²) in [6.45, 7) is 4.68. The second-order valence-electron chi connectivity index (χ2n) is 6.20. The summed E-state index contributed by atoms with van der Waals surface area (Å²) >= 11 is 12.0. The molecule has 0 amide bonds. The Kier molecular flexibility index (Phi) is 4.25. The van der Waals surface area contributed by atoms with Crippen molar-refractivity contribution in [2.75, 3.05) is 0 Å². The van der Waals surface area contributed by atoms with Gasteiger partial charge in [0.05, 0.1) is 10.0 Å². The van der Waals surface area contributed by atoms with Crippen LogP contribution in [0.2, 0.25) is 10.0 Å². The molecule has 18 heavy (non-hydrogen) atoms. The molecule has 0 radical (unpaired) electrons. The van der Waals surface area contributed by atoms with Crippen LogP contribution in [0.4, 0.5) is 0 Å². The fraction of sp³-hybridized carbons (Fsp3) is 0.600. The summed E-state index contributed by atoms with van der Waals surface area (Å²) in [7, 11) is 0. The van der Waals surface area contributed by atoms with Gasteiger partial charge in [-0.3, -0.25) is 0 Å². The van der Waals surface area contributed by atoms with E-state index < -0.39 is 0 Å². The van der Waals surface area contributed by atoms with Crippen LogP contribution in [0.1, 0.15) is 51.1 Å². The molecule has 1 unspecified atom stereocenters. The Morgan fingerprint density at radius 1 is 1.17 bits per heavy atom. The maximum Gasteiger partial charge on any atom is 0.0595 e. The van der Waals surface area contributed by atoms with Gasteiger partial charge in [0.1, 0.15) is 0 Å². The van der Waals surface area contributed by atoms with Crippen molar-refractivity contribution in [2.24, 2.45) is 17.1 Å². The molecule has 1 aliphatic carbocycles. The summed E-state index contributed by atoms with van der Waals surface area (Å²) in [6, 6.07) is 5.83. The van der Waals surface area contributed by atoms with E-state index in [0.717, 1.165) is 5.56 Å². The highest BCUT2D eigenvalue weighted by Crippen LogP contribution is 2.42. The van der Waals surface area contributed by atoms with Crippen LogP contribution in [0.15, 0.2) is 18.2 Å². The average Bonchev–Trinajstić information content (AvgIpc) is 2.32. The average molecular weight is 286 g/mol. The van der Waals surface area contributed by atoms with E-state index in [-0.39, 0.29) is 6.04 Å². The topological polar surface area (TPSA) is 26.0 Å². The zero-order valence-corrected chi connectivity index (χ0v) is 12.6. The number of hydrogen-bond acceptors (Lipinski definition) is 1. The molecule has 0 spiro atoms. The van der Waals surface area contributed by atoms with Gasteiger partial charge in [-0.1, -0.05) is 43.1 Å². The van der Waals surface area contributed by atoms with Gasteiger partial charge >= 0.3 is 0 Å². The number of benzene rings is 1. The molecule has 2 N–H and O–H groups in total. The molecule has 3 heteroatoms. The van der Waals surface area contributed by atoms with Crippen molar-refractivity contribution in [3.05, 3.63) is 33.8 Å². The summed E-state index contributed by atoms with van der Waals surface area (Å²) in [4.78, 5) is 0. The minimum atomic E-state index is 0.0795. The van der Waals surface area contributed by atoms with Crippen molar-refractivity contribution in [1.82, 2.24) is 0 Å². The number of nitrogens with two attached hydrogens (primary N) is 1. The summed E-state index contributed by atoms with van der Waals surface area (Å²) in [6.07, 6.45) is 4.92. The first-order valence-corrected chi connectivity index (χ1v) is 7.35. The zero-order chi connectivity index (χ0) is 13.3. The van der Waals surface area contributed by atoms with E-state index in [1.54, 1.807) is 0 Å². The Morgan fingerprint density at radius 2 is 1.78 bits per heavy atom. The minimum Gasteiger partial charge on any atom is -0.324 e. The normalized spacial score (nSPS) is 21.8. The predicted molar refractivity (Wildman–Crippen MR) is 79.1 cm³/mol. The summed E-state index contributed by atoms with van der Waals surface area (Å²) in [5.41, 5.74) is 7.96. The maximum absolute atomic E-state index is 6.38. The van der Waals surface area contributed by atoms with Crippen LogP contribution in [0.3, 0.4) is 0 Å². The second-order valence-corrected chi connectivity index (χ2v) is 7.02. The standard InChI is InChI=1S/C15H21Cl2N/c1-15(2)7-5-10(6-8-15)14(18)11-3-4-12(16)13(17)9-11/h3-4,9-10,14H,5-8,18H2,1-2H3. The van der Waals surface area contributed by atoms with Crippen molar-refractivity contribution in [2.45, 2.75) is 45.6 Å². The summed E-state index contributed by atoms with van der Waals surface area (Å²) in [5.74, 6) is 0.565. The van der Waals surface area contributed by atoms with Gasteiger partial charge in [-0.05, 0) is 54.7 Å². The van der Waals surface area contributed by atoms with Crippen molar-refractivity contribution in [1.29, 1.82) is 0 Å². The highest BCUT2D eigenvalue weighted by Gasteiger charge is 2.30. The van der Waals surface area contributed by atoms with Gasteiger partial charge in [-0.15, -0.1) is 0 Å². The van der Waals surface area contributed by atoms with E-state index in [0.29, 0.717) is 21.4 Å². The van der Waals surface area contributed by atoms with Gasteiger partial charge < -0.3 is 5.73 Å². The largest absolute Gasteiger partial charge is 0.324 e. The first-order chi connectivity index (χ1) is 8.39. The van der Waals surface area contributed by atoms with Crippen molar-refractivity contribution in [3.63, 3.8) is 0 Å².